The molecule has 2 aliphatic rings. The lowest BCUT2D eigenvalue weighted by Gasteiger charge is -2.44. The SMILES string of the molecule is O=C(NC1(c2ccccc2)CCC1)C1CCCCN1. The van der Waals surface area contributed by atoms with Gasteiger partial charge in [0.2, 0.25) is 5.91 Å². The molecule has 1 unspecified atom stereocenters. The lowest BCUT2D eigenvalue weighted by atomic mass is 9.71. The van der Waals surface area contributed by atoms with E-state index in [1.165, 1.54) is 18.4 Å². The van der Waals surface area contributed by atoms with E-state index in [9.17, 15) is 4.79 Å². The molecule has 1 atom stereocenters. The molecule has 0 radical (unpaired) electrons. The zero-order valence-corrected chi connectivity index (χ0v) is 11.3. The standard InChI is InChI=1S/C16H22N2O/c19-15(14-9-4-5-12-17-14)18-16(10-6-11-16)13-7-2-1-3-8-13/h1-3,7-8,14,17H,4-6,9-12H2,(H,18,19). The van der Waals surface area contributed by atoms with E-state index in [2.05, 4.69) is 34.9 Å². The summed E-state index contributed by atoms with van der Waals surface area (Å²) in [6.07, 6.45) is 6.64. The second-order valence-corrected chi connectivity index (χ2v) is 5.79. The van der Waals surface area contributed by atoms with E-state index in [-0.39, 0.29) is 17.5 Å². The molecule has 2 N–H and O–H groups in total. The van der Waals surface area contributed by atoms with Crippen LogP contribution in [-0.2, 0) is 10.3 Å². The van der Waals surface area contributed by atoms with Crippen LogP contribution in [0.25, 0.3) is 0 Å². The Kier molecular flexibility index (Phi) is 3.56. The first kappa shape index (κ1) is 12.7. The smallest absolute Gasteiger partial charge is 0.237 e. The van der Waals surface area contributed by atoms with Crippen molar-refractivity contribution < 1.29 is 4.79 Å². The minimum absolute atomic E-state index is 0.00920. The largest absolute Gasteiger partial charge is 0.345 e. The van der Waals surface area contributed by atoms with E-state index < -0.39 is 0 Å². The van der Waals surface area contributed by atoms with Crippen molar-refractivity contribution in [3.05, 3.63) is 35.9 Å². The molecule has 102 valence electrons. The predicted octanol–water partition coefficient (Wildman–Crippen LogP) is 2.32. The zero-order chi connectivity index (χ0) is 13.1. The first-order valence-corrected chi connectivity index (χ1v) is 7.41. The fourth-order valence-electron chi connectivity index (χ4n) is 3.17. The molecular formula is C16H22N2O. The first-order valence-electron chi connectivity index (χ1n) is 7.41. The molecule has 0 spiro atoms. The van der Waals surface area contributed by atoms with Gasteiger partial charge in [0, 0.05) is 0 Å². The maximum Gasteiger partial charge on any atom is 0.237 e. The first-order chi connectivity index (χ1) is 9.30. The second kappa shape index (κ2) is 5.33. The van der Waals surface area contributed by atoms with E-state index in [1.807, 2.05) is 6.07 Å². The molecular weight excluding hydrogens is 236 g/mol. The molecule has 19 heavy (non-hydrogen) atoms. The Balaban J connectivity index is 1.71. The quantitative estimate of drug-likeness (QED) is 0.873. The summed E-state index contributed by atoms with van der Waals surface area (Å²) >= 11 is 0. The molecule has 0 aromatic heterocycles. The van der Waals surface area contributed by atoms with Gasteiger partial charge in [0.05, 0.1) is 11.6 Å². The molecule has 1 heterocycles. The van der Waals surface area contributed by atoms with Crippen LogP contribution in [0.1, 0.15) is 44.1 Å². The van der Waals surface area contributed by atoms with Gasteiger partial charge < -0.3 is 10.6 Å². The van der Waals surface area contributed by atoms with E-state index in [0.29, 0.717) is 0 Å². The number of carbonyl (C=O) groups is 1. The Bertz CT molecular complexity index is 433. The molecule has 1 aromatic carbocycles. The van der Waals surface area contributed by atoms with Gasteiger partial charge in [-0.2, -0.15) is 0 Å². The number of benzene rings is 1. The Hall–Kier alpha value is -1.35. The normalized spacial score (nSPS) is 25.4. The summed E-state index contributed by atoms with van der Waals surface area (Å²) in [6, 6.07) is 10.4. The van der Waals surface area contributed by atoms with Gasteiger partial charge >= 0.3 is 0 Å². The minimum Gasteiger partial charge on any atom is -0.345 e. The Morgan fingerprint density at radius 2 is 1.95 bits per heavy atom. The molecule has 3 rings (SSSR count). The van der Waals surface area contributed by atoms with Crippen LogP contribution in [0.2, 0.25) is 0 Å². The van der Waals surface area contributed by atoms with E-state index in [4.69, 9.17) is 0 Å². The van der Waals surface area contributed by atoms with Crippen molar-refractivity contribution in [3.63, 3.8) is 0 Å². The summed E-state index contributed by atoms with van der Waals surface area (Å²) in [4.78, 5) is 12.4. The van der Waals surface area contributed by atoms with Gasteiger partial charge in [-0.25, -0.2) is 0 Å². The van der Waals surface area contributed by atoms with Gasteiger partial charge in [-0.05, 0) is 44.2 Å². The van der Waals surface area contributed by atoms with Gasteiger partial charge in [-0.3, -0.25) is 4.79 Å². The van der Waals surface area contributed by atoms with Crippen LogP contribution in [0.15, 0.2) is 30.3 Å². The number of nitrogens with one attached hydrogen (secondary N) is 2. The highest BCUT2D eigenvalue weighted by molar-refractivity contribution is 5.83. The lowest BCUT2D eigenvalue weighted by molar-refractivity contribution is -0.127. The number of carbonyl (C=O) groups excluding carboxylic acids is 1. The molecule has 1 aliphatic carbocycles. The number of rotatable bonds is 3. The van der Waals surface area contributed by atoms with Gasteiger partial charge in [-0.15, -0.1) is 0 Å². The van der Waals surface area contributed by atoms with Crippen molar-refractivity contribution in [2.45, 2.75) is 50.1 Å². The van der Waals surface area contributed by atoms with E-state index >= 15 is 0 Å². The molecule has 1 aliphatic heterocycles. The van der Waals surface area contributed by atoms with Crippen LogP contribution in [0.3, 0.4) is 0 Å². The Morgan fingerprint density at radius 1 is 1.16 bits per heavy atom. The lowest BCUT2D eigenvalue weighted by Crippen LogP contribution is -2.56. The Labute approximate surface area is 114 Å². The number of amides is 1. The van der Waals surface area contributed by atoms with E-state index in [0.717, 1.165) is 32.2 Å². The molecule has 1 saturated carbocycles. The Morgan fingerprint density at radius 3 is 2.53 bits per heavy atom. The molecule has 1 saturated heterocycles. The van der Waals surface area contributed by atoms with Gasteiger partial charge in [0.25, 0.3) is 0 Å². The third-order valence-electron chi connectivity index (χ3n) is 4.52. The highest BCUT2D eigenvalue weighted by atomic mass is 16.2. The van der Waals surface area contributed by atoms with Crippen LogP contribution in [-0.4, -0.2) is 18.5 Å². The van der Waals surface area contributed by atoms with Gasteiger partial charge in [0.15, 0.2) is 0 Å². The van der Waals surface area contributed by atoms with Crippen LogP contribution in [0.5, 0.6) is 0 Å². The summed E-state index contributed by atoms with van der Waals surface area (Å²) in [6.45, 7) is 0.969. The van der Waals surface area contributed by atoms with Crippen molar-refractivity contribution in [2.24, 2.45) is 0 Å². The molecule has 3 heteroatoms. The maximum atomic E-state index is 12.4. The number of hydrogen-bond donors (Lipinski definition) is 2. The second-order valence-electron chi connectivity index (χ2n) is 5.79. The average Bonchev–Trinajstić information content (AvgIpc) is 2.44. The van der Waals surface area contributed by atoms with Crippen molar-refractivity contribution in [1.82, 2.24) is 10.6 Å². The van der Waals surface area contributed by atoms with Crippen LogP contribution >= 0.6 is 0 Å². The predicted molar refractivity (Wildman–Crippen MR) is 75.8 cm³/mol. The fraction of sp³-hybridized carbons (Fsp3) is 0.562. The van der Waals surface area contributed by atoms with Crippen molar-refractivity contribution in [2.75, 3.05) is 6.54 Å². The third kappa shape index (κ3) is 2.52. The van der Waals surface area contributed by atoms with Gasteiger partial charge in [0.1, 0.15) is 0 Å². The highest BCUT2D eigenvalue weighted by Crippen LogP contribution is 2.41. The average molecular weight is 258 g/mol. The monoisotopic (exact) mass is 258 g/mol. The summed E-state index contributed by atoms with van der Waals surface area (Å²) in [7, 11) is 0. The van der Waals surface area contributed by atoms with Crippen LogP contribution in [0, 0.1) is 0 Å². The maximum absolute atomic E-state index is 12.4. The summed E-state index contributed by atoms with van der Waals surface area (Å²) < 4.78 is 0. The summed E-state index contributed by atoms with van der Waals surface area (Å²) in [5, 5.41) is 6.64. The van der Waals surface area contributed by atoms with Crippen molar-refractivity contribution in [3.8, 4) is 0 Å². The van der Waals surface area contributed by atoms with Crippen molar-refractivity contribution >= 4 is 5.91 Å². The molecule has 0 bridgehead atoms. The molecule has 2 fully saturated rings. The fourth-order valence-corrected chi connectivity index (χ4v) is 3.17. The zero-order valence-electron chi connectivity index (χ0n) is 11.3. The van der Waals surface area contributed by atoms with E-state index in [1.54, 1.807) is 0 Å². The highest BCUT2D eigenvalue weighted by Gasteiger charge is 2.41. The third-order valence-corrected chi connectivity index (χ3v) is 4.52. The molecule has 1 aromatic rings. The molecule has 1 amide bonds. The number of hydrogen-bond acceptors (Lipinski definition) is 2. The van der Waals surface area contributed by atoms with Crippen molar-refractivity contribution in [1.29, 1.82) is 0 Å². The summed E-state index contributed by atoms with van der Waals surface area (Å²) in [5.74, 6) is 0.184. The minimum atomic E-state index is -0.0997. The topological polar surface area (TPSA) is 41.1 Å². The molecule has 3 nitrogen and oxygen atoms in total. The van der Waals surface area contributed by atoms with Gasteiger partial charge in [-0.1, -0.05) is 36.8 Å². The van der Waals surface area contributed by atoms with Crippen LogP contribution in [0.4, 0.5) is 0 Å². The van der Waals surface area contributed by atoms with Crippen LogP contribution < -0.4 is 10.6 Å². The number of piperidine rings is 1. The summed E-state index contributed by atoms with van der Waals surface area (Å²) in [5.41, 5.74) is 1.16.